The molecule has 0 unspecified atom stereocenters. The molecule has 11 nitrogen and oxygen atoms in total. The number of ketones is 1. The Bertz CT molecular complexity index is 1250. The van der Waals surface area contributed by atoms with Gasteiger partial charge in [0.05, 0.1) is 21.1 Å². The first-order valence-corrected chi connectivity index (χ1v) is 9.36. The van der Waals surface area contributed by atoms with Crippen molar-refractivity contribution in [3.8, 4) is 0 Å². The van der Waals surface area contributed by atoms with Crippen LogP contribution in [0.2, 0.25) is 0 Å². The van der Waals surface area contributed by atoms with Gasteiger partial charge >= 0.3 is 5.97 Å². The summed E-state index contributed by atoms with van der Waals surface area (Å²) in [5, 5.41) is 24.1. The Morgan fingerprint density at radius 1 is 0.788 bits per heavy atom. The van der Waals surface area contributed by atoms with Crippen molar-refractivity contribution < 1.29 is 29.0 Å². The summed E-state index contributed by atoms with van der Waals surface area (Å²) in [4.78, 5) is 57.6. The number of esters is 1. The first-order valence-electron chi connectivity index (χ1n) is 9.36. The standard InChI is InChI=1S/C22H15N3O8/c26-20(14-8-10-16(11-9-14)24(29)30)13-33-22(28)18-6-1-2-7-19(18)23-21(27)15-4-3-5-17(12-15)25(31)32/h1-12H,13H2,(H,23,27). The normalized spacial score (nSPS) is 10.2. The number of Topliss-reactive ketones (excluding diaryl/α,β-unsaturated/α-hetero) is 1. The van der Waals surface area contributed by atoms with Gasteiger partial charge in [-0.25, -0.2) is 4.79 Å². The summed E-state index contributed by atoms with van der Waals surface area (Å²) in [6.07, 6.45) is 0. The van der Waals surface area contributed by atoms with E-state index in [0.717, 1.165) is 18.2 Å². The van der Waals surface area contributed by atoms with Gasteiger partial charge in [0.15, 0.2) is 12.4 Å². The highest BCUT2D eigenvalue weighted by atomic mass is 16.6. The molecular formula is C22H15N3O8. The molecule has 3 rings (SSSR count). The molecule has 11 heteroatoms. The number of non-ortho nitro benzene ring substituents is 2. The van der Waals surface area contributed by atoms with Crippen molar-refractivity contribution in [2.75, 3.05) is 11.9 Å². The zero-order valence-corrected chi connectivity index (χ0v) is 16.8. The third-order valence-electron chi connectivity index (χ3n) is 4.45. The van der Waals surface area contributed by atoms with Gasteiger partial charge in [-0.1, -0.05) is 18.2 Å². The Kier molecular flexibility index (Phi) is 6.84. The molecule has 166 valence electrons. The molecule has 1 amide bonds. The maximum absolute atomic E-state index is 12.5. The quantitative estimate of drug-likeness (QED) is 0.235. The van der Waals surface area contributed by atoms with E-state index in [-0.39, 0.29) is 33.8 Å². The molecule has 0 saturated heterocycles. The van der Waals surface area contributed by atoms with Crippen molar-refractivity contribution >= 4 is 34.7 Å². The molecule has 0 aliphatic carbocycles. The predicted molar refractivity (Wildman–Crippen MR) is 115 cm³/mol. The van der Waals surface area contributed by atoms with Gasteiger partial charge in [0.1, 0.15) is 0 Å². The smallest absolute Gasteiger partial charge is 0.340 e. The Hall–Kier alpha value is -4.93. The number of hydrogen-bond acceptors (Lipinski definition) is 8. The number of nitro benzene ring substituents is 2. The fourth-order valence-electron chi connectivity index (χ4n) is 2.79. The zero-order valence-electron chi connectivity index (χ0n) is 16.8. The number of para-hydroxylation sites is 1. The van der Waals surface area contributed by atoms with Gasteiger partial charge in [0, 0.05) is 35.4 Å². The third kappa shape index (κ3) is 5.61. The maximum Gasteiger partial charge on any atom is 0.340 e. The fraction of sp³-hybridized carbons (Fsp3) is 0.0455. The minimum Gasteiger partial charge on any atom is -0.454 e. The Balaban J connectivity index is 1.69. The van der Waals surface area contributed by atoms with Crippen LogP contribution in [0.25, 0.3) is 0 Å². The minimum absolute atomic E-state index is 0.0146. The van der Waals surface area contributed by atoms with E-state index in [1.165, 1.54) is 48.5 Å². The summed E-state index contributed by atoms with van der Waals surface area (Å²) >= 11 is 0. The molecule has 0 aromatic heterocycles. The van der Waals surface area contributed by atoms with Gasteiger partial charge in [0.25, 0.3) is 17.3 Å². The Morgan fingerprint density at radius 3 is 2.12 bits per heavy atom. The second kappa shape index (κ2) is 9.92. The van der Waals surface area contributed by atoms with E-state index in [4.69, 9.17) is 4.74 Å². The van der Waals surface area contributed by atoms with Crippen LogP contribution in [-0.4, -0.2) is 34.1 Å². The van der Waals surface area contributed by atoms with Crippen LogP contribution in [0.4, 0.5) is 17.1 Å². The monoisotopic (exact) mass is 449 g/mol. The van der Waals surface area contributed by atoms with Gasteiger partial charge in [-0.2, -0.15) is 0 Å². The average molecular weight is 449 g/mol. The number of nitrogens with one attached hydrogen (secondary N) is 1. The summed E-state index contributed by atoms with van der Waals surface area (Å²) in [6, 6.07) is 15.8. The molecule has 1 N–H and O–H groups in total. The summed E-state index contributed by atoms with van der Waals surface area (Å²) in [5.74, 6) is -2.14. The molecule has 0 atom stereocenters. The molecule has 3 aromatic carbocycles. The van der Waals surface area contributed by atoms with E-state index in [2.05, 4.69) is 5.32 Å². The van der Waals surface area contributed by atoms with Gasteiger partial charge in [-0.15, -0.1) is 0 Å². The van der Waals surface area contributed by atoms with Crippen molar-refractivity contribution in [2.24, 2.45) is 0 Å². The third-order valence-corrected chi connectivity index (χ3v) is 4.45. The number of anilines is 1. The highest BCUT2D eigenvalue weighted by molar-refractivity contribution is 6.08. The lowest BCUT2D eigenvalue weighted by molar-refractivity contribution is -0.385. The fourth-order valence-corrected chi connectivity index (χ4v) is 2.79. The summed E-state index contributed by atoms with van der Waals surface area (Å²) in [5.41, 5.74) is -0.256. The topological polar surface area (TPSA) is 159 Å². The van der Waals surface area contributed by atoms with Crippen molar-refractivity contribution in [1.29, 1.82) is 0 Å². The number of ether oxygens (including phenoxy) is 1. The van der Waals surface area contributed by atoms with E-state index >= 15 is 0 Å². The van der Waals surface area contributed by atoms with Crippen molar-refractivity contribution in [3.05, 3.63) is 110 Å². The molecule has 0 bridgehead atoms. The van der Waals surface area contributed by atoms with Crippen LogP contribution in [0.15, 0.2) is 72.8 Å². The molecule has 3 aromatic rings. The first kappa shape index (κ1) is 22.7. The van der Waals surface area contributed by atoms with E-state index < -0.39 is 34.1 Å². The van der Waals surface area contributed by atoms with Crippen LogP contribution in [-0.2, 0) is 4.74 Å². The van der Waals surface area contributed by atoms with Crippen LogP contribution < -0.4 is 5.32 Å². The highest BCUT2D eigenvalue weighted by Gasteiger charge is 2.18. The number of amides is 1. The van der Waals surface area contributed by atoms with Crippen LogP contribution in [0, 0.1) is 20.2 Å². The predicted octanol–water partition coefficient (Wildman–Crippen LogP) is 3.80. The second-order valence-corrected chi connectivity index (χ2v) is 6.61. The Labute approximate surface area is 185 Å². The van der Waals surface area contributed by atoms with Crippen molar-refractivity contribution in [2.45, 2.75) is 0 Å². The Morgan fingerprint density at radius 2 is 1.45 bits per heavy atom. The molecule has 0 fully saturated rings. The molecular weight excluding hydrogens is 434 g/mol. The zero-order chi connectivity index (χ0) is 24.0. The summed E-state index contributed by atoms with van der Waals surface area (Å²) in [6.45, 7) is -0.621. The van der Waals surface area contributed by atoms with E-state index in [1.54, 1.807) is 6.07 Å². The van der Waals surface area contributed by atoms with E-state index in [0.29, 0.717) is 0 Å². The average Bonchev–Trinajstić information content (AvgIpc) is 2.82. The SMILES string of the molecule is O=C(COC(=O)c1ccccc1NC(=O)c1cccc([N+](=O)[O-])c1)c1ccc([N+](=O)[O-])cc1. The lowest BCUT2D eigenvalue weighted by Crippen LogP contribution is -2.18. The summed E-state index contributed by atoms with van der Waals surface area (Å²) in [7, 11) is 0. The van der Waals surface area contributed by atoms with Gasteiger partial charge < -0.3 is 10.1 Å². The second-order valence-electron chi connectivity index (χ2n) is 6.61. The molecule has 0 heterocycles. The minimum atomic E-state index is -0.889. The number of nitrogens with zero attached hydrogens (tertiary/aromatic N) is 2. The first-order chi connectivity index (χ1) is 15.8. The van der Waals surface area contributed by atoms with Crippen molar-refractivity contribution in [3.63, 3.8) is 0 Å². The van der Waals surface area contributed by atoms with Crippen LogP contribution >= 0.6 is 0 Å². The van der Waals surface area contributed by atoms with E-state index in [1.807, 2.05) is 0 Å². The lowest BCUT2D eigenvalue weighted by atomic mass is 10.1. The molecule has 0 radical (unpaired) electrons. The van der Waals surface area contributed by atoms with Gasteiger partial charge in [-0.3, -0.25) is 29.8 Å². The lowest BCUT2D eigenvalue weighted by Gasteiger charge is -2.11. The number of hydrogen-bond donors (Lipinski definition) is 1. The molecule has 0 aliphatic rings. The maximum atomic E-state index is 12.5. The van der Waals surface area contributed by atoms with Crippen molar-refractivity contribution in [1.82, 2.24) is 0 Å². The molecule has 0 aliphatic heterocycles. The van der Waals surface area contributed by atoms with Gasteiger partial charge in [-0.05, 0) is 30.3 Å². The summed E-state index contributed by atoms with van der Waals surface area (Å²) < 4.78 is 5.04. The number of rotatable bonds is 8. The number of benzene rings is 3. The molecule has 0 saturated carbocycles. The van der Waals surface area contributed by atoms with Crippen LogP contribution in [0.5, 0.6) is 0 Å². The van der Waals surface area contributed by atoms with Gasteiger partial charge in [0.2, 0.25) is 0 Å². The number of carbonyl (C=O) groups is 3. The van der Waals surface area contributed by atoms with Crippen LogP contribution in [0.3, 0.4) is 0 Å². The number of nitro groups is 2. The van der Waals surface area contributed by atoms with E-state index in [9.17, 15) is 34.6 Å². The van der Waals surface area contributed by atoms with Crippen LogP contribution in [0.1, 0.15) is 31.1 Å². The highest BCUT2D eigenvalue weighted by Crippen LogP contribution is 2.20. The number of carbonyl (C=O) groups excluding carboxylic acids is 3. The largest absolute Gasteiger partial charge is 0.454 e. The molecule has 0 spiro atoms. The molecule has 33 heavy (non-hydrogen) atoms.